The molecule has 2 rings (SSSR count). The fourth-order valence-electron chi connectivity index (χ4n) is 1.79. The number of amides is 1. The summed E-state index contributed by atoms with van der Waals surface area (Å²) in [6, 6.07) is 6.23. The molecule has 0 aliphatic rings. The van der Waals surface area contributed by atoms with E-state index >= 15 is 0 Å². The van der Waals surface area contributed by atoms with Gasteiger partial charge in [-0.15, -0.1) is 0 Å². The summed E-state index contributed by atoms with van der Waals surface area (Å²) in [6.45, 7) is 0. The zero-order chi connectivity index (χ0) is 16.3. The number of carbonyl (C=O) groups is 1. The summed E-state index contributed by atoms with van der Waals surface area (Å²) in [5.41, 5.74) is 0.160. The number of methoxy groups -OCH3 is 2. The molecule has 116 valence electrons. The van der Waals surface area contributed by atoms with Gasteiger partial charge in [0.05, 0.1) is 30.5 Å². The van der Waals surface area contributed by atoms with Crippen LogP contribution in [0.5, 0.6) is 11.5 Å². The number of benzene rings is 2. The second kappa shape index (κ2) is 6.62. The molecule has 4 nitrogen and oxygen atoms in total. The molecule has 2 aromatic rings. The lowest BCUT2D eigenvalue weighted by molar-refractivity contribution is 0.102. The molecule has 0 fully saturated rings. The van der Waals surface area contributed by atoms with Crippen molar-refractivity contribution in [2.24, 2.45) is 0 Å². The van der Waals surface area contributed by atoms with Gasteiger partial charge in [-0.05, 0) is 24.3 Å². The molecular weight excluding hydrogens is 316 g/mol. The van der Waals surface area contributed by atoms with E-state index in [1.807, 2.05) is 0 Å². The van der Waals surface area contributed by atoms with Crippen LogP contribution < -0.4 is 14.8 Å². The first kappa shape index (κ1) is 16.0. The van der Waals surface area contributed by atoms with E-state index in [9.17, 15) is 13.6 Å². The van der Waals surface area contributed by atoms with Gasteiger partial charge in [-0.1, -0.05) is 11.6 Å². The van der Waals surface area contributed by atoms with Crippen molar-refractivity contribution in [1.82, 2.24) is 0 Å². The Morgan fingerprint density at radius 2 is 1.77 bits per heavy atom. The van der Waals surface area contributed by atoms with Crippen molar-refractivity contribution in [3.63, 3.8) is 0 Å². The minimum atomic E-state index is -1.16. The van der Waals surface area contributed by atoms with Crippen molar-refractivity contribution in [2.45, 2.75) is 0 Å². The monoisotopic (exact) mass is 327 g/mol. The summed E-state index contributed by atoms with van der Waals surface area (Å²) in [4.78, 5) is 12.1. The summed E-state index contributed by atoms with van der Waals surface area (Å²) in [5.74, 6) is -2.07. The predicted octanol–water partition coefficient (Wildman–Crippen LogP) is 3.89. The molecule has 1 amide bonds. The third-order valence-electron chi connectivity index (χ3n) is 2.91. The molecular formula is C15H12ClF2NO3. The van der Waals surface area contributed by atoms with E-state index in [0.717, 1.165) is 12.1 Å². The van der Waals surface area contributed by atoms with Gasteiger partial charge in [0, 0.05) is 6.07 Å². The molecule has 0 radical (unpaired) electrons. The number of nitrogens with one attached hydrogen (secondary N) is 1. The summed E-state index contributed by atoms with van der Waals surface area (Å²) in [7, 11) is 2.92. The molecule has 22 heavy (non-hydrogen) atoms. The van der Waals surface area contributed by atoms with Crippen LogP contribution >= 0.6 is 11.6 Å². The normalized spacial score (nSPS) is 10.2. The average Bonchev–Trinajstić information content (AvgIpc) is 2.51. The Bertz CT molecular complexity index is 722. The van der Waals surface area contributed by atoms with Crippen LogP contribution in [0.1, 0.15) is 10.4 Å². The molecule has 0 saturated heterocycles. The summed E-state index contributed by atoms with van der Waals surface area (Å²) >= 11 is 5.77. The van der Waals surface area contributed by atoms with E-state index in [4.69, 9.17) is 21.1 Å². The molecule has 0 unspecified atom stereocenters. The van der Waals surface area contributed by atoms with Crippen LogP contribution in [0.4, 0.5) is 14.5 Å². The van der Waals surface area contributed by atoms with Crippen LogP contribution in [0, 0.1) is 11.6 Å². The standard InChI is InChI=1S/C15H12ClF2NO3/c1-21-8-3-4-13(14(5-8)22-2)19-15(20)9-6-11(17)12(18)7-10(9)16/h3-7H,1-2H3,(H,19,20). The highest BCUT2D eigenvalue weighted by Crippen LogP contribution is 2.30. The van der Waals surface area contributed by atoms with E-state index < -0.39 is 17.5 Å². The van der Waals surface area contributed by atoms with Crippen LogP contribution in [-0.2, 0) is 0 Å². The fraction of sp³-hybridized carbons (Fsp3) is 0.133. The molecule has 0 bridgehead atoms. The van der Waals surface area contributed by atoms with Gasteiger partial charge in [-0.2, -0.15) is 0 Å². The smallest absolute Gasteiger partial charge is 0.257 e. The van der Waals surface area contributed by atoms with Gasteiger partial charge in [0.1, 0.15) is 11.5 Å². The van der Waals surface area contributed by atoms with Crippen molar-refractivity contribution in [2.75, 3.05) is 19.5 Å². The SMILES string of the molecule is COc1ccc(NC(=O)c2cc(F)c(F)cc2Cl)c(OC)c1. The Hall–Kier alpha value is -2.34. The van der Waals surface area contributed by atoms with Crippen molar-refractivity contribution in [3.05, 3.63) is 52.6 Å². The van der Waals surface area contributed by atoms with Gasteiger partial charge < -0.3 is 14.8 Å². The maximum Gasteiger partial charge on any atom is 0.257 e. The number of hydrogen-bond acceptors (Lipinski definition) is 3. The molecule has 0 heterocycles. The Labute approximate surface area is 130 Å². The lowest BCUT2D eigenvalue weighted by Gasteiger charge is -2.12. The van der Waals surface area contributed by atoms with Crippen molar-refractivity contribution in [3.8, 4) is 11.5 Å². The Morgan fingerprint density at radius 1 is 1.09 bits per heavy atom. The Balaban J connectivity index is 2.31. The van der Waals surface area contributed by atoms with E-state index in [2.05, 4.69) is 5.32 Å². The molecule has 0 atom stereocenters. The minimum Gasteiger partial charge on any atom is -0.497 e. The van der Waals surface area contributed by atoms with Crippen LogP contribution in [0.3, 0.4) is 0 Å². The largest absolute Gasteiger partial charge is 0.497 e. The molecule has 7 heteroatoms. The second-order valence-electron chi connectivity index (χ2n) is 4.27. The summed E-state index contributed by atoms with van der Waals surface area (Å²) in [5, 5.41) is 2.33. The first-order valence-corrected chi connectivity index (χ1v) is 6.52. The quantitative estimate of drug-likeness (QED) is 0.867. The third-order valence-corrected chi connectivity index (χ3v) is 3.22. The number of anilines is 1. The van der Waals surface area contributed by atoms with E-state index in [1.165, 1.54) is 14.2 Å². The van der Waals surface area contributed by atoms with Gasteiger partial charge in [-0.25, -0.2) is 8.78 Å². The molecule has 0 aliphatic carbocycles. The maximum absolute atomic E-state index is 13.2. The van der Waals surface area contributed by atoms with Gasteiger partial charge in [0.2, 0.25) is 0 Å². The number of rotatable bonds is 4. The zero-order valence-electron chi connectivity index (χ0n) is 11.7. The molecule has 0 saturated carbocycles. The Kier molecular flexibility index (Phi) is 4.82. The van der Waals surface area contributed by atoms with Crippen molar-refractivity contribution < 1.29 is 23.0 Å². The first-order chi connectivity index (χ1) is 10.5. The molecule has 0 spiro atoms. The third kappa shape index (κ3) is 3.28. The lowest BCUT2D eigenvalue weighted by Crippen LogP contribution is -2.14. The number of ether oxygens (including phenoxy) is 2. The topological polar surface area (TPSA) is 47.6 Å². The average molecular weight is 328 g/mol. The Morgan fingerprint density at radius 3 is 2.41 bits per heavy atom. The molecule has 2 aromatic carbocycles. The minimum absolute atomic E-state index is 0.182. The summed E-state index contributed by atoms with van der Waals surface area (Å²) in [6.07, 6.45) is 0. The van der Waals surface area contributed by atoms with Gasteiger partial charge >= 0.3 is 0 Å². The number of carbonyl (C=O) groups excluding carboxylic acids is 1. The number of hydrogen-bond donors (Lipinski definition) is 1. The van der Waals surface area contributed by atoms with E-state index in [-0.39, 0.29) is 10.6 Å². The fourth-order valence-corrected chi connectivity index (χ4v) is 2.02. The lowest BCUT2D eigenvalue weighted by atomic mass is 10.2. The molecule has 0 aliphatic heterocycles. The van der Waals surface area contributed by atoms with Gasteiger partial charge in [0.25, 0.3) is 5.91 Å². The number of halogens is 3. The van der Waals surface area contributed by atoms with Crippen molar-refractivity contribution in [1.29, 1.82) is 0 Å². The molecule has 0 aromatic heterocycles. The first-order valence-electron chi connectivity index (χ1n) is 6.14. The van der Waals surface area contributed by atoms with Crippen LogP contribution in [0.2, 0.25) is 5.02 Å². The van der Waals surface area contributed by atoms with E-state index in [1.54, 1.807) is 18.2 Å². The highest BCUT2D eigenvalue weighted by Gasteiger charge is 2.17. The summed E-state index contributed by atoms with van der Waals surface area (Å²) < 4.78 is 36.5. The van der Waals surface area contributed by atoms with Crippen LogP contribution in [0.15, 0.2) is 30.3 Å². The van der Waals surface area contributed by atoms with Crippen LogP contribution in [-0.4, -0.2) is 20.1 Å². The van der Waals surface area contributed by atoms with Crippen molar-refractivity contribution >= 4 is 23.2 Å². The van der Waals surface area contributed by atoms with Gasteiger partial charge in [0.15, 0.2) is 11.6 Å². The van der Waals surface area contributed by atoms with Crippen LogP contribution in [0.25, 0.3) is 0 Å². The molecule has 1 N–H and O–H groups in total. The highest BCUT2D eigenvalue weighted by atomic mass is 35.5. The van der Waals surface area contributed by atoms with E-state index in [0.29, 0.717) is 17.2 Å². The van der Waals surface area contributed by atoms with Gasteiger partial charge in [-0.3, -0.25) is 4.79 Å². The zero-order valence-corrected chi connectivity index (χ0v) is 12.5. The predicted molar refractivity (Wildman–Crippen MR) is 78.9 cm³/mol. The second-order valence-corrected chi connectivity index (χ2v) is 4.67. The maximum atomic E-state index is 13.2. The highest BCUT2D eigenvalue weighted by molar-refractivity contribution is 6.34.